The van der Waals surface area contributed by atoms with E-state index >= 15 is 0 Å². The van der Waals surface area contributed by atoms with Crippen molar-refractivity contribution in [1.29, 1.82) is 0 Å². The maximum absolute atomic E-state index is 13.4. The van der Waals surface area contributed by atoms with Crippen LogP contribution >= 0.6 is 0 Å². The first-order valence-electron chi connectivity index (χ1n) is 10.8. The third-order valence-electron chi connectivity index (χ3n) is 5.93. The van der Waals surface area contributed by atoms with Crippen LogP contribution in [-0.4, -0.2) is 35.0 Å². The number of hydrogen-bond donors (Lipinski definition) is 0. The Kier molecular flexibility index (Phi) is 4.33. The molecule has 0 N–H and O–H groups in total. The molecule has 162 valence electrons. The minimum atomic E-state index is -0.0610. The standard InChI is InChI=1S/C25H21N7O/c1-16(2)30-13-11-26-24(30)21-4-3-5-22(29-21)31-15-18-7-6-17(14-19(18)25(31)33)20-9-12-32-23(28-20)8-10-27-32/h3-14,16H,15H2,1-2H3. The molecule has 0 radical (unpaired) electrons. The van der Waals surface area contributed by atoms with Crippen molar-refractivity contribution in [3.8, 4) is 22.8 Å². The predicted molar refractivity (Wildman–Crippen MR) is 125 cm³/mol. The van der Waals surface area contributed by atoms with E-state index in [1.165, 1.54) is 0 Å². The van der Waals surface area contributed by atoms with Crippen molar-refractivity contribution >= 4 is 17.4 Å². The maximum Gasteiger partial charge on any atom is 0.260 e. The number of carbonyl (C=O) groups excluding carboxylic acids is 1. The van der Waals surface area contributed by atoms with Crippen LogP contribution in [0.1, 0.15) is 35.8 Å². The molecule has 0 spiro atoms. The molecule has 0 aliphatic carbocycles. The number of aromatic nitrogens is 6. The molecule has 0 saturated carbocycles. The number of anilines is 1. The lowest BCUT2D eigenvalue weighted by molar-refractivity contribution is 0.0996. The van der Waals surface area contributed by atoms with Gasteiger partial charge in [0.2, 0.25) is 0 Å². The summed E-state index contributed by atoms with van der Waals surface area (Å²) >= 11 is 0. The molecule has 4 aromatic heterocycles. The van der Waals surface area contributed by atoms with Crippen LogP contribution in [0.2, 0.25) is 0 Å². The summed E-state index contributed by atoms with van der Waals surface area (Å²) in [7, 11) is 0. The van der Waals surface area contributed by atoms with Gasteiger partial charge in [-0.25, -0.2) is 19.5 Å². The molecule has 1 aliphatic rings. The number of rotatable bonds is 4. The van der Waals surface area contributed by atoms with Gasteiger partial charge < -0.3 is 4.57 Å². The SMILES string of the molecule is CC(C)n1ccnc1-c1cccc(N2Cc3ccc(-c4ccn5nccc5n4)cc3C2=O)n1. The van der Waals surface area contributed by atoms with Crippen molar-refractivity contribution in [2.45, 2.75) is 26.4 Å². The Bertz CT molecular complexity index is 1510. The highest BCUT2D eigenvalue weighted by Crippen LogP contribution is 2.31. The highest BCUT2D eigenvalue weighted by atomic mass is 16.2. The molecular formula is C25H21N7O. The Morgan fingerprint density at radius 1 is 0.939 bits per heavy atom. The first-order valence-corrected chi connectivity index (χ1v) is 10.8. The first-order chi connectivity index (χ1) is 16.1. The van der Waals surface area contributed by atoms with Crippen LogP contribution in [0.5, 0.6) is 0 Å². The normalized spacial score (nSPS) is 13.3. The molecule has 0 bridgehead atoms. The number of amides is 1. The summed E-state index contributed by atoms with van der Waals surface area (Å²) in [5.41, 5.74) is 4.87. The van der Waals surface area contributed by atoms with Gasteiger partial charge in [-0.15, -0.1) is 0 Å². The molecule has 1 aliphatic heterocycles. The zero-order chi connectivity index (χ0) is 22.5. The van der Waals surface area contributed by atoms with Crippen molar-refractivity contribution in [3.63, 3.8) is 0 Å². The van der Waals surface area contributed by atoms with Gasteiger partial charge in [0.15, 0.2) is 11.5 Å². The fourth-order valence-electron chi connectivity index (χ4n) is 4.24. The monoisotopic (exact) mass is 435 g/mol. The van der Waals surface area contributed by atoms with Gasteiger partial charge >= 0.3 is 0 Å². The van der Waals surface area contributed by atoms with Crippen LogP contribution in [0.25, 0.3) is 28.4 Å². The Labute approximate surface area is 190 Å². The third-order valence-corrected chi connectivity index (χ3v) is 5.93. The second-order valence-corrected chi connectivity index (χ2v) is 8.34. The smallest absolute Gasteiger partial charge is 0.260 e. The van der Waals surface area contributed by atoms with Crippen molar-refractivity contribution < 1.29 is 4.79 Å². The largest absolute Gasteiger partial charge is 0.327 e. The molecule has 8 nitrogen and oxygen atoms in total. The van der Waals surface area contributed by atoms with E-state index in [4.69, 9.17) is 4.98 Å². The maximum atomic E-state index is 13.4. The Hall–Kier alpha value is -4.33. The second kappa shape index (κ2) is 7.37. The van der Waals surface area contributed by atoms with E-state index in [1.54, 1.807) is 21.8 Å². The van der Waals surface area contributed by atoms with Gasteiger partial charge in [0.1, 0.15) is 11.5 Å². The Balaban J connectivity index is 1.34. The Morgan fingerprint density at radius 2 is 1.85 bits per heavy atom. The number of imidazole rings is 1. The highest BCUT2D eigenvalue weighted by molar-refractivity contribution is 6.10. The van der Waals surface area contributed by atoms with Crippen LogP contribution in [-0.2, 0) is 6.54 Å². The average Bonchev–Trinajstić information content (AvgIpc) is 3.57. The summed E-state index contributed by atoms with van der Waals surface area (Å²) < 4.78 is 3.79. The van der Waals surface area contributed by atoms with Gasteiger partial charge in [0, 0.05) is 41.8 Å². The second-order valence-electron chi connectivity index (χ2n) is 8.34. The van der Waals surface area contributed by atoms with E-state index < -0.39 is 0 Å². The molecule has 0 atom stereocenters. The zero-order valence-electron chi connectivity index (χ0n) is 18.3. The number of carbonyl (C=O) groups is 1. The van der Waals surface area contributed by atoms with Crippen LogP contribution < -0.4 is 4.90 Å². The van der Waals surface area contributed by atoms with Crippen LogP contribution in [0.3, 0.4) is 0 Å². The van der Waals surface area contributed by atoms with E-state index in [1.807, 2.05) is 60.9 Å². The minimum Gasteiger partial charge on any atom is -0.327 e. The predicted octanol–water partition coefficient (Wildman–Crippen LogP) is 4.40. The number of nitrogens with zero attached hydrogens (tertiary/aromatic N) is 7. The molecule has 0 saturated heterocycles. The van der Waals surface area contributed by atoms with Crippen molar-refractivity contribution in [1.82, 2.24) is 29.1 Å². The van der Waals surface area contributed by atoms with Crippen LogP contribution in [0.15, 0.2) is 73.3 Å². The molecular weight excluding hydrogens is 414 g/mol. The van der Waals surface area contributed by atoms with E-state index in [-0.39, 0.29) is 11.9 Å². The van der Waals surface area contributed by atoms with Crippen LogP contribution in [0, 0.1) is 0 Å². The topological polar surface area (TPSA) is 81.2 Å². The van der Waals surface area contributed by atoms with Gasteiger partial charge in [-0.2, -0.15) is 5.10 Å². The zero-order valence-corrected chi connectivity index (χ0v) is 18.3. The summed E-state index contributed by atoms with van der Waals surface area (Å²) in [5.74, 6) is 1.35. The van der Waals surface area contributed by atoms with E-state index in [2.05, 4.69) is 33.5 Å². The number of fused-ring (bicyclic) bond motifs is 2. The fraction of sp³-hybridized carbons (Fsp3) is 0.160. The van der Waals surface area contributed by atoms with Gasteiger partial charge in [-0.05, 0) is 43.7 Å². The first kappa shape index (κ1) is 19.4. The van der Waals surface area contributed by atoms with Gasteiger partial charge in [0.25, 0.3) is 5.91 Å². The van der Waals surface area contributed by atoms with Gasteiger partial charge in [-0.3, -0.25) is 9.69 Å². The lowest BCUT2D eigenvalue weighted by atomic mass is 10.0. The van der Waals surface area contributed by atoms with E-state index in [0.29, 0.717) is 17.9 Å². The molecule has 1 aromatic carbocycles. The fourth-order valence-corrected chi connectivity index (χ4v) is 4.24. The molecule has 33 heavy (non-hydrogen) atoms. The lowest BCUT2D eigenvalue weighted by Crippen LogP contribution is -2.24. The van der Waals surface area contributed by atoms with E-state index in [0.717, 1.165) is 34.0 Å². The lowest BCUT2D eigenvalue weighted by Gasteiger charge is -2.16. The molecule has 6 rings (SSSR count). The quantitative estimate of drug-likeness (QED) is 0.418. The number of hydrogen-bond acceptors (Lipinski definition) is 5. The van der Waals surface area contributed by atoms with Crippen molar-refractivity contribution in [3.05, 3.63) is 84.4 Å². The van der Waals surface area contributed by atoms with E-state index in [9.17, 15) is 4.79 Å². The summed E-state index contributed by atoms with van der Waals surface area (Å²) in [5, 5.41) is 4.19. The summed E-state index contributed by atoms with van der Waals surface area (Å²) in [6.45, 7) is 4.69. The van der Waals surface area contributed by atoms with Gasteiger partial charge in [0.05, 0.1) is 18.4 Å². The molecule has 0 fully saturated rings. The van der Waals surface area contributed by atoms with Crippen molar-refractivity contribution in [2.24, 2.45) is 0 Å². The van der Waals surface area contributed by atoms with Gasteiger partial charge in [-0.1, -0.05) is 18.2 Å². The van der Waals surface area contributed by atoms with Crippen LogP contribution in [0.4, 0.5) is 5.82 Å². The minimum absolute atomic E-state index is 0.0610. The summed E-state index contributed by atoms with van der Waals surface area (Å²) in [4.78, 5) is 29.0. The molecule has 1 amide bonds. The molecule has 5 heterocycles. The number of pyridine rings is 1. The van der Waals surface area contributed by atoms with Crippen molar-refractivity contribution in [2.75, 3.05) is 4.90 Å². The molecule has 8 heteroatoms. The number of benzene rings is 1. The summed E-state index contributed by atoms with van der Waals surface area (Å²) in [6.07, 6.45) is 7.31. The Morgan fingerprint density at radius 3 is 2.73 bits per heavy atom. The summed E-state index contributed by atoms with van der Waals surface area (Å²) in [6, 6.07) is 15.7. The highest BCUT2D eigenvalue weighted by Gasteiger charge is 2.30. The average molecular weight is 435 g/mol. The molecule has 0 unspecified atom stereocenters. The third kappa shape index (κ3) is 3.18. The molecule has 5 aromatic rings.